The first-order valence-corrected chi connectivity index (χ1v) is 8.93. The average Bonchev–Trinajstić information content (AvgIpc) is 2.53. The van der Waals surface area contributed by atoms with Crippen molar-refractivity contribution in [3.8, 4) is 0 Å². The molecule has 5 nitrogen and oxygen atoms in total. The summed E-state index contributed by atoms with van der Waals surface area (Å²) in [4.78, 5) is 0. The molecular formula is C18H29N5. The van der Waals surface area contributed by atoms with Crippen LogP contribution in [-0.2, 0) is 0 Å². The van der Waals surface area contributed by atoms with Gasteiger partial charge < -0.3 is 11.5 Å². The van der Waals surface area contributed by atoms with E-state index in [1.807, 2.05) is 30.3 Å². The molecule has 23 heavy (non-hydrogen) atoms. The first kappa shape index (κ1) is 16.6. The van der Waals surface area contributed by atoms with Crippen molar-refractivity contribution in [2.75, 3.05) is 0 Å². The van der Waals surface area contributed by atoms with E-state index in [1.54, 1.807) is 0 Å². The molecule has 1 aliphatic carbocycles. The van der Waals surface area contributed by atoms with E-state index in [-0.39, 0.29) is 23.8 Å². The molecule has 3 atom stereocenters. The molecule has 2 fully saturated rings. The zero-order chi connectivity index (χ0) is 16.1. The molecule has 1 spiro atoms. The second-order valence-corrected chi connectivity index (χ2v) is 7.12. The predicted molar refractivity (Wildman–Crippen MR) is 93.2 cm³/mol. The lowest BCUT2D eigenvalue weighted by molar-refractivity contribution is 0.0629. The maximum atomic E-state index is 6.46. The summed E-state index contributed by atoms with van der Waals surface area (Å²) in [7, 11) is 0. The molecule has 0 radical (unpaired) electrons. The van der Waals surface area contributed by atoms with Gasteiger partial charge >= 0.3 is 0 Å². The number of rotatable bonds is 2. The molecular weight excluding hydrogens is 286 g/mol. The molecule has 1 saturated heterocycles. The molecule has 1 saturated carbocycles. The van der Waals surface area contributed by atoms with Gasteiger partial charge in [-0.05, 0) is 31.4 Å². The minimum absolute atomic E-state index is 0.00515. The Morgan fingerprint density at radius 2 is 1.61 bits per heavy atom. The second kappa shape index (κ2) is 7.51. The Morgan fingerprint density at radius 1 is 0.957 bits per heavy atom. The fourth-order valence-electron chi connectivity index (χ4n) is 4.04. The first-order valence-electron chi connectivity index (χ1n) is 8.93. The number of piperidine rings is 1. The summed E-state index contributed by atoms with van der Waals surface area (Å²) in [5, 5.41) is 12.3. The van der Waals surface area contributed by atoms with Gasteiger partial charge in [-0.15, -0.1) is 0 Å². The van der Waals surface area contributed by atoms with Crippen LogP contribution in [0.3, 0.4) is 0 Å². The quantitative estimate of drug-likeness (QED) is 0.730. The zero-order valence-corrected chi connectivity index (χ0v) is 13.8. The van der Waals surface area contributed by atoms with E-state index in [1.165, 1.54) is 44.9 Å². The van der Waals surface area contributed by atoms with Gasteiger partial charge in [0.25, 0.3) is 0 Å². The predicted octanol–water partition coefficient (Wildman–Crippen LogP) is 3.43. The lowest BCUT2D eigenvalue weighted by Gasteiger charge is -2.48. The van der Waals surface area contributed by atoms with E-state index in [9.17, 15) is 0 Å². The Morgan fingerprint density at radius 3 is 2.30 bits per heavy atom. The third kappa shape index (κ3) is 3.97. The maximum Gasteiger partial charge on any atom is 0.100 e. The molecule has 0 bridgehead atoms. The summed E-state index contributed by atoms with van der Waals surface area (Å²) in [6.45, 7) is 0. The minimum atomic E-state index is -0.214. The van der Waals surface area contributed by atoms with E-state index in [4.69, 9.17) is 11.5 Å². The number of nitrogens with two attached hydrogens (primary N) is 2. The van der Waals surface area contributed by atoms with E-state index in [0.29, 0.717) is 0 Å². The lowest BCUT2D eigenvalue weighted by atomic mass is 9.68. The van der Waals surface area contributed by atoms with Crippen LogP contribution in [0.25, 0.3) is 0 Å². The SMILES string of the molecule is NC1NC(N)C2(CCCCCCC2)CC1/N=N/c1ccccc1. The van der Waals surface area contributed by atoms with Crippen LogP contribution >= 0.6 is 0 Å². The molecule has 1 heterocycles. The van der Waals surface area contributed by atoms with E-state index in [2.05, 4.69) is 15.5 Å². The molecule has 0 amide bonds. The third-order valence-electron chi connectivity index (χ3n) is 5.49. The number of hydrogen-bond acceptors (Lipinski definition) is 5. The second-order valence-electron chi connectivity index (χ2n) is 7.12. The molecule has 1 aromatic carbocycles. The standard InChI is InChI=1S/C18H29N5/c19-16-15(23-22-14-9-5-4-6-10-14)13-18(17(20)21-16)11-7-2-1-3-8-12-18/h4-6,9-10,15-17,21H,1-3,7-8,11-13,19-20H2/b23-22+. The van der Waals surface area contributed by atoms with Crippen molar-refractivity contribution in [3.63, 3.8) is 0 Å². The van der Waals surface area contributed by atoms with Crippen molar-refractivity contribution in [2.24, 2.45) is 27.1 Å². The van der Waals surface area contributed by atoms with Crippen LogP contribution in [0, 0.1) is 5.41 Å². The molecule has 126 valence electrons. The molecule has 1 aromatic rings. The zero-order valence-electron chi connectivity index (χ0n) is 13.8. The fraction of sp³-hybridized carbons (Fsp3) is 0.667. The summed E-state index contributed by atoms with van der Waals surface area (Å²) in [5.74, 6) is 0. The smallest absolute Gasteiger partial charge is 0.100 e. The van der Waals surface area contributed by atoms with Gasteiger partial charge in [0.2, 0.25) is 0 Å². The van der Waals surface area contributed by atoms with E-state index in [0.717, 1.165) is 12.1 Å². The van der Waals surface area contributed by atoms with Gasteiger partial charge in [0.15, 0.2) is 0 Å². The molecule has 3 unspecified atom stereocenters. The summed E-state index contributed by atoms with van der Waals surface area (Å²) in [5.41, 5.74) is 13.7. The first-order chi connectivity index (χ1) is 11.2. The Hall–Kier alpha value is -1.30. The highest BCUT2D eigenvalue weighted by atomic mass is 15.2. The van der Waals surface area contributed by atoms with Crippen molar-refractivity contribution < 1.29 is 0 Å². The number of hydrogen-bond donors (Lipinski definition) is 3. The molecule has 5 N–H and O–H groups in total. The fourth-order valence-corrected chi connectivity index (χ4v) is 4.04. The molecule has 0 aromatic heterocycles. The Bertz CT molecular complexity index is 507. The molecule has 2 aliphatic rings. The number of nitrogens with zero attached hydrogens (tertiary/aromatic N) is 2. The Balaban J connectivity index is 1.74. The van der Waals surface area contributed by atoms with Crippen LogP contribution in [-0.4, -0.2) is 18.4 Å². The van der Waals surface area contributed by atoms with Crippen molar-refractivity contribution in [3.05, 3.63) is 30.3 Å². The highest BCUT2D eigenvalue weighted by Crippen LogP contribution is 2.43. The highest BCUT2D eigenvalue weighted by Gasteiger charge is 2.44. The van der Waals surface area contributed by atoms with Crippen LogP contribution in [0.4, 0.5) is 5.69 Å². The largest absolute Gasteiger partial charge is 0.315 e. The minimum Gasteiger partial charge on any atom is -0.315 e. The number of benzene rings is 1. The van der Waals surface area contributed by atoms with Gasteiger partial charge in [0.05, 0.1) is 18.0 Å². The van der Waals surface area contributed by atoms with Crippen LogP contribution in [0.5, 0.6) is 0 Å². The third-order valence-corrected chi connectivity index (χ3v) is 5.49. The number of nitrogens with one attached hydrogen (secondary N) is 1. The van der Waals surface area contributed by atoms with Gasteiger partial charge in [0.1, 0.15) is 6.04 Å². The lowest BCUT2D eigenvalue weighted by Crippen LogP contribution is -2.66. The molecule has 5 heteroatoms. The Kier molecular flexibility index (Phi) is 5.41. The van der Waals surface area contributed by atoms with Crippen LogP contribution in [0.2, 0.25) is 0 Å². The van der Waals surface area contributed by atoms with Crippen molar-refractivity contribution in [2.45, 2.75) is 69.7 Å². The average molecular weight is 315 g/mol. The summed E-state index contributed by atoms with van der Waals surface area (Å²) < 4.78 is 0. The molecule has 1 aliphatic heterocycles. The van der Waals surface area contributed by atoms with Gasteiger partial charge in [-0.25, -0.2) is 0 Å². The summed E-state index contributed by atoms with van der Waals surface area (Å²) in [6.07, 6.45) is 9.55. The summed E-state index contributed by atoms with van der Waals surface area (Å²) in [6, 6.07) is 9.84. The van der Waals surface area contributed by atoms with E-state index >= 15 is 0 Å². The van der Waals surface area contributed by atoms with Crippen LogP contribution in [0.15, 0.2) is 40.6 Å². The van der Waals surface area contributed by atoms with E-state index < -0.39 is 0 Å². The van der Waals surface area contributed by atoms with Gasteiger partial charge in [-0.1, -0.05) is 50.3 Å². The highest BCUT2D eigenvalue weighted by molar-refractivity contribution is 5.34. The van der Waals surface area contributed by atoms with Crippen LogP contribution < -0.4 is 16.8 Å². The Labute approximate surface area is 138 Å². The van der Waals surface area contributed by atoms with Gasteiger partial charge in [0, 0.05) is 5.41 Å². The van der Waals surface area contributed by atoms with Crippen molar-refractivity contribution in [1.29, 1.82) is 0 Å². The van der Waals surface area contributed by atoms with Gasteiger partial charge in [-0.2, -0.15) is 10.2 Å². The van der Waals surface area contributed by atoms with Gasteiger partial charge in [-0.3, -0.25) is 5.32 Å². The molecule has 3 rings (SSSR count). The maximum absolute atomic E-state index is 6.46. The monoisotopic (exact) mass is 315 g/mol. The number of azo groups is 1. The topological polar surface area (TPSA) is 88.8 Å². The normalized spacial score (nSPS) is 31.8. The van der Waals surface area contributed by atoms with Crippen LogP contribution in [0.1, 0.15) is 51.4 Å². The van der Waals surface area contributed by atoms with Crippen molar-refractivity contribution >= 4 is 5.69 Å². The van der Waals surface area contributed by atoms with Crippen molar-refractivity contribution in [1.82, 2.24) is 5.32 Å². The summed E-state index contributed by atoms with van der Waals surface area (Å²) >= 11 is 0.